The number of benzene rings is 2. The van der Waals surface area contributed by atoms with E-state index in [0.717, 1.165) is 66.2 Å². The predicted molar refractivity (Wildman–Crippen MR) is 129 cm³/mol. The van der Waals surface area contributed by atoms with E-state index in [0.29, 0.717) is 12.6 Å². The van der Waals surface area contributed by atoms with E-state index in [2.05, 4.69) is 46.4 Å². The summed E-state index contributed by atoms with van der Waals surface area (Å²) in [4.78, 5) is 2.36. The minimum absolute atomic E-state index is 0.143. The van der Waals surface area contributed by atoms with Crippen molar-refractivity contribution in [3.8, 4) is 11.5 Å². The van der Waals surface area contributed by atoms with Crippen molar-refractivity contribution in [2.75, 3.05) is 20.1 Å². The highest BCUT2D eigenvalue weighted by Gasteiger charge is 2.29. The Balaban J connectivity index is 1.25. The third kappa shape index (κ3) is 4.11. The van der Waals surface area contributed by atoms with Crippen LogP contribution >= 0.6 is 0 Å². The van der Waals surface area contributed by atoms with Gasteiger partial charge in [-0.25, -0.2) is 5.32 Å². The average molecular weight is 446 g/mol. The van der Waals surface area contributed by atoms with E-state index in [1.54, 1.807) is 0 Å². The van der Waals surface area contributed by atoms with Gasteiger partial charge in [0.05, 0.1) is 17.3 Å². The SMILES string of the molecule is CN1CCC(Oc2ccc3c(c2)C[N]C3c2cc3c(CC4CCCC4)n[nH]c3cc2O)CC1. The number of hydrogen-bond donors (Lipinski definition) is 2. The summed E-state index contributed by atoms with van der Waals surface area (Å²) in [7, 11) is 2.17. The van der Waals surface area contributed by atoms with Crippen LogP contribution in [-0.4, -0.2) is 46.4 Å². The summed E-state index contributed by atoms with van der Waals surface area (Å²) in [6.07, 6.45) is 8.71. The third-order valence-corrected chi connectivity index (χ3v) is 7.86. The van der Waals surface area contributed by atoms with Crippen molar-refractivity contribution in [1.82, 2.24) is 20.4 Å². The smallest absolute Gasteiger partial charge is 0.122 e. The fourth-order valence-corrected chi connectivity index (χ4v) is 5.89. The van der Waals surface area contributed by atoms with Gasteiger partial charge < -0.3 is 14.7 Å². The number of aromatic amines is 1. The molecule has 2 fully saturated rings. The summed E-state index contributed by atoms with van der Waals surface area (Å²) >= 11 is 0. The fourth-order valence-electron chi connectivity index (χ4n) is 5.89. The standard InChI is InChI=1S/C27H33N4O2/c1-31-10-8-19(9-11-31)33-20-6-7-21-18(13-20)16-28-27(21)23-14-22-24(12-17-4-2-3-5-17)29-30-25(22)15-26(23)32/h6-7,13-15,17,19,27,32H,2-5,8-12,16H2,1H3,(H,29,30). The number of nitrogens with zero attached hydrogens (tertiary/aromatic N) is 3. The lowest BCUT2D eigenvalue weighted by atomic mass is 9.94. The van der Waals surface area contributed by atoms with Crippen LogP contribution in [0.1, 0.15) is 67.0 Å². The molecular formula is C27H33N4O2. The topological polar surface area (TPSA) is 75.5 Å². The van der Waals surface area contributed by atoms with Gasteiger partial charge >= 0.3 is 0 Å². The van der Waals surface area contributed by atoms with E-state index in [1.165, 1.54) is 36.8 Å². The van der Waals surface area contributed by atoms with Crippen molar-refractivity contribution in [2.24, 2.45) is 5.92 Å². The van der Waals surface area contributed by atoms with E-state index in [9.17, 15) is 5.11 Å². The molecule has 6 rings (SSSR count). The molecule has 33 heavy (non-hydrogen) atoms. The van der Waals surface area contributed by atoms with Crippen LogP contribution in [0.3, 0.4) is 0 Å². The normalized spacial score (nSPS) is 22.3. The zero-order valence-electron chi connectivity index (χ0n) is 19.4. The molecule has 2 aromatic carbocycles. The lowest BCUT2D eigenvalue weighted by Gasteiger charge is -2.29. The monoisotopic (exact) mass is 445 g/mol. The van der Waals surface area contributed by atoms with Crippen LogP contribution in [0.25, 0.3) is 10.9 Å². The van der Waals surface area contributed by atoms with Gasteiger partial charge in [0.1, 0.15) is 17.6 Å². The lowest BCUT2D eigenvalue weighted by molar-refractivity contribution is 0.114. The summed E-state index contributed by atoms with van der Waals surface area (Å²) < 4.78 is 6.29. The Bertz CT molecular complexity index is 1140. The fraction of sp³-hybridized carbons (Fsp3) is 0.519. The Labute approximate surface area is 195 Å². The van der Waals surface area contributed by atoms with Gasteiger partial charge in [-0.15, -0.1) is 0 Å². The number of nitrogens with one attached hydrogen (secondary N) is 1. The van der Waals surface area contributed by atoms with Gasteiger partial charge in [0.2, 0.25) is 0 Å². The molecule has 0 bridgehead atoms. The minimum atomic E-state index is -0.143. The second-order valence-electron chi connectivity index (χ2n) is 10.2. The summed E-state index contributed by atoms with van der Waals surface area (Å²) in [5.41, 5.74) is 5.27. The highest BCUT2D eigenvalue weighted by molar-refractivity contribution is 5.84. The second-order valence-corrected chi connectivity index (χ2v) is 10.2. The second kappa shape index (κ2) is 8.65. The predicted octanol–water partition coefficient (Wildman–Crippen LogP) is 4.68. The molecule has 1 aliphatic carbocycles. The Morgan fingerprint density at radius 3 is 2.70 bits per heavy atom. The molecule has 1 saturated carbocycles. The highest BCUT2D eigenvalue weighted by Crippen LogP contribution is 2.40. The summed E-state index contributed by atoms with van der Waals surface area (Å²) in [6, 6.07) is 10.2. The zero-order valence-corrected chi connectivity index (χ0v) is 19.4. The van der Waals surface area contributed by atoms with E-state index in [-0.39, 0.29) is 11.8 Å². The first-order valence-corrected chi connectivity index (χ1v) is 12.5. The molecule has 6 nitrogen and oxygen atoms in total. The molecule has 6 heteroatoms. The number of aromatic nitrogens is 2. The van der Waals surface area contributed by atoms with E-state index in [1.807, 2.05) is 6.07 Å². The van der Waals surface area contributed by atoms with Gasteiger partial charge in [-0.2, -0.15) is 5.10 Å². The molecule has 1 aromatic heterocycles. The maximum atomic E-state index is 10.8. The Kier molecular flexibility index (Phi) is 5.51. The molecule has 3 heterocycles. The summed E-state index contributed by atoms with van der Waals surface area (Å²) in [6.45, 7) is 2.83. The molecule has 3 aliphatic rings. The van der Waals surface area contributed by atoms with E-state index >= 15 is 0 Å². The lowest BCUT2D eigenvalue weighted by Crippen LogP contribution is -2.35. The summed E-state index contributed by atoms with van der Waals surface area (Å²) in [5, 5.41) is 24.6. The first-order chi connectivity index (χ1) is 16.1. The zero-order chi connectivity index (χ0) is 22.4. The highest BCUT2D eigenvalue weighted by atomic mass is 16.5. The minimum Gasteiger partial charge on any atom is -0.508 e. The summed E-state index contributed by atoms with van der Waals surface area (Å²) in [5.74, 6) is 1.95. The van der Waals surface area contributed by atoms with Crippen LogP contribution in [0.4, 0.5) is 0 Å². The van der Waals surface area contributed by atoms with Crippen LogP contribution in [0, 0.1) is 5.92 Å². The Hall–Kier alpha value is -2.57. The van der Waals surface area contributed by atoms with Crippen LogP contribution in [0.2, 0.25) is 0 Å². The van der Waals surface area contributed by atoms with Gasteiger partial charge in [-0.05, 0) is 61.6 Å². The van der Waals surface area contributed by atoms with Gasteiger partial charge in [0.25, 0.3) is 0 Å². The van der Waals surface area contributed by atoms with Crippen molar-refractivity contribution < 1.29 is 9.84 Å². The third-order valence-electron chi connectivity index (χ3n) is 7.86. The van der Waals surface area contributed by atoms with Crippen molar-refractivity contribution in [1.29, 1.82) is 0 Å². The van der Waals surface area contributed by atoms with Crippen LogP contribution < -0.4 is 10.1 Å². The first kappa shape index (κ1) is 21.0. The molecule has 0 spiro atoms. The number of likely N-dealkylation sites (tertiary alicyclic amines) is 1. The van der Waals surface area contributed by atoms with Gasteiger partial charge in [0.15, 0.2) is 0 Å². The molecule has 1 saturated heterocycles. The first-order valence-electron chi connectivity index (χ1n) is 12.5. The molecule has 1 atom stereocenters. The van der Waals surface area contributed by atoms with Crippen molar-refractivity contribution >= 4 is 10.9 Å². The molecule has 173 valence electrons. The number of phenols is 1. The molecule has 2 aliphatic heterocycles. The maximum absolute atomic E-state index is 10.8. The van der Waals surface area contributed by atoms with Crippen molar-refractivity contribution in [3.63, 3.8) is 0 Å². The number of hydrogen-bond acceptors (Lipinski definition) is 4. The number of piperidine rings is 1. The number of ether oxygens (including phenoxy) is 1. The molecule has 1 unspecified atom stereocenters. The van der Waals surface area contributed by atoms with Gasteiger partial charge in [0, 0.05) is 36.7 Å². The molecule has 1 radical (unpaired) electrons. The largest absolute Gasteiger partial charge is 0.508 e. The van der Waals surface area contributed by atoms with Crippen LogP contribution in [-0.2, 0) is 13.0 Å². The molecule has 3 aromatic rings. The maximum Gasteiger partial charge on any atom is 0.122 e. The van der Waals surface area contributed by atoms with Gasteiger partial charge in [-0.1, -0.05) is 31.7 Å². The number of H-pyrrole nitrogens is 1. The van der Waals surface area contributed by atoms with E-state index in [4.69, 9.17) is 10.1 Å². The quantitative estimate of drug-likeness (QED) is 0.598. The van der Waals surface area contributed by atoms with Crippen LogP contribution in [0.15, 0.2) is 30.3 Å². The Morgan fingerprint density at radius 1 is 1.06 bits per heavy atom. The molecule has 0 amide bonds. The number of phenolic OH excluding ortho intramolecular Hbond substituents is 1. The number of fused-ring (bicyclic) bond motifs is 2. The van der Waals surface area contributed by atoms with Crippen molar-refractivity contribution in [3.05, 3.63) is 52.7 Å². The molecular weight excluding hydrogens is 412 g/mol. The van der Waals surface area contributed by atoms with Gasteiger partial charge in [-0.3, -0.25) is 5.10 Å². The van der Waals surface area contributed by atoms with E-state index < -0.39 is 0 Å². The number of rotatable bonds is 5. The average Bonchev–Trinajstić information content (AvgIpc) is 3.56. The van der Waals surface area contributed by atoms with Crippen molar-refractivity contribution in [2.45, 2.75) is 63.6 Å². The Morgan fingerprint density at radius 2 is 1.88 bits per heavy atom. The van der Waals surface area contributed by atoms with Crippen LogP contribution in [0.5, 0.6) is 11.5 Å². The number of aromatic hydroxyl groups is 1. The molecule has 2 N–H and O–H groups in total.